The summed E-state index contributed by atoms with van der Waals surface area (Å²) in [5, 5.41) is 12.6. The molecule has 2 aromatic carbocycles. The van der Waals surface area contributed by atoms with E-state index in [-0.39, 0.29) is 5.91 Å². The Morgan fingerprint density at radius 2 is 1.64 bits per heavy atom. The average Bonchev–Trinajstić information content (AvgIpc) is 2.57. The first-order valence-corrected chi connectivity index (χ1v) is 9.10. The predicted octanol–water partition coefficient (Wildman–Crippen LogP) is 4.41. The van der Waals surface area contributed by atoms with Gasteiger partial charge in [-0.2, -0.15) is 0 Å². The maximum Gasteiger partial charge on any atom is 0.347 e. The van der Waals surface area contributed by atoms with Gasteiger partial charge in [-0.05, 0) is 75.2 Å². The summed E-state index contributed by atoms with van der Waals surface area (Å²) in [6.45, 7) is 8.11. The van der Waals surface area contributed by atoms with E-state index in [4.69, 9.17) is 21.1 Å². The zero-order valence-electron chi connectivity index (χ0n) is 16.5. The molecule has 28 heavy (non-hydrogen) atoms. The van der Waals surface area contributed by atoms with Gasteiger partial charge in [0.2, 0.25) is 5.91 Å². The molecule has 0 fully saturated rings. The summed E-state index contributed by atoms with van der Waals surface area (Å²) in [7, 11) is 0. The number of carbonyl (C=O) groups excluding carboxylic acids is 1. The lowest BCUT2D eigenvalue weighted by molar-refractivity contribution is -0.152. The van der Waals surface area contributed by atoms with Crippen molar-refractivity contribution in [2.75, 3.05) is 0 Å². The first-order valence-electron chi connectivity index (χ1n) is 8.72. The molecule has 0 saturated carbocycles. The number of rotatable bonds is 7. The van der Waals surface area contributed by atoms with Crippen LogP contribution in [0.15, 0.2) is 36.4 Å². The smallest absolute Gasteiger partial charge is 0.347 e. The molecule has 6 nitrogen and oxygen atoms in total. The van der Waals surface area contributed by atoms with Crippen LogP contribution in [0.3, 0.4) is 0 Å². The van der Waals surface area contributed by atoms with E-state index in [1.807, 2.05) is 13.8 Å². The standard InChI is InChI=1S/C21H24ClNO5/c1-12-10-16(22)11-13(2)18(12)27-19(23-14(3)24)15-6-8-17(9-7-15)28-21(4,5)20(25)26/h6-11,19H,1-5H3,(H,23,24)(H,25,26). The van der Waals surface area contributed by atoms with Gasteiger partial charge in [-0.3, -0.25) is 4.79 Å². The molecule has 2 aromatic rings. The molecule has 0 aliphatic heterocycles. The molecule has 1 atom stereocenters. The van der Waals surface area contributed by atoms with Crippen molar-refractivity contribution in [3.8, 4) is 11.5 Å². The highest BCUT2D eigenvalue weighted by Gasteiger charge is 2.29. The van der Waals surface area contributed by atoms with E-state index in [0.717, 1.165) is 11.1 Å². The molecule has 2 rings (SSSR count). The molecular weight excluding hydrogens is 382 g/mol. The first-order chi connectivity index (χ1) is 13.0. The molecular formula is C21H24ClNO5. The van der Waals surface area contributed by atoms with Gasteiger partial charge in [0.25, 0.3) is 0 Å². The number of ether oxygens (including phenoxy) is 2. The maximum absolute atomic E-state index is 11.7. The van der Waals surface area contributed by atoms with Crippen LogP contribution in [0.1, 0.15) is 43.7 Å². The minimum atomic E-state index is -1.35. The SMILES string of the molecule is CC(=O)NC(Oc1c(C)cc(Cl)cc1C)c1ccc(OC(C)(C)C(=O)O)cc1. The van der Waals surface area contributed by atoms with Crippen molar-refractivity contribution in [1.82, 2.24) is 5.32 Å². The van der Waals surface area contributed by atoms with Gasteiger partial charge in [0.05, 0.1) is 0 Å². The lowest BCUT2D eigenvalue weighted by Gasteiger charge is -2.24. The van der Waals surface area contributed by atoms with E-state index < -0.39 is 17.8 Å². The Hall–Kier alpha value is -2.73. The Labute approximate surface area is 169 Å². The van der Waals surface area contributed by atoms with Crippen molar-refractivity contribution in [3.63, 3.8) is 0 Å². The van der Waals surface area contributed by atoms with E-state index in [1.165, 1.54) is 20.8 Å². The zero-order valence-corrected chi connectivity index (χ0v) is 17.3. The Morgan fingerprint density at radius 1 is 1.11 bits per heavy atom. The highest BCUT2D eigenvalue weighted by Crippen LogP contribution is 2.31. The van der Waals surface area contributed by atoms with Crippen molar-refractivity contribution in [2.24, 2.45) is 0 Å². The highest BCUT2D eigenvalue weighted by atomic mass is 35.5. The van der Waals surface area contributed by atoms with Gasteiger partial charge in [0.15, 0.2) is 11.8 Å². The topological polar surface area (TPSA) is 84.9 Å². The molecule has 1 unspecified atom stereocenters. The summed E-state index contributed by atoms with van der Waals surface area (Å²) in [5.41, 5.74) is 1.03. The third kappa shape index (κ3) is 5.39. The summed E-state index contributed by atoms with van der Waals surface area (Å²) >= 11 is 6.07. The first kappa shape index (κ1) is 21.6. The number of carboxylic acids is 1. The van der Waals surface area contributed by atoms with E-state index >= 15 is 0 Å². The van der Waals surface area contributed by atoms with Crippen LogP contribution in [0.2, 0.25) is 5.02 Å². The van der Waals surface area contributed by atoms with Crippen molar-refractivity contribution in [3.05, 3.63) is 58.1 Å². The molecule has 0 saturated heterocycles. The second-order valence-electron chi connectivity index (χ2n) is 7.05. The summed E-state index contributed by atoms with van der Waals surface area (Å²) in [6, 6.07) is 10.3. The van der Waals surface area contributed by atoms with Gasteiger partial charge >= 0.3 is 5.97 Å². The van der Waals surface area contributed by atoms with Crippen LogP contribution in [-0.2, 0) is 9.59 Å². The molecule has 150 valence electrons. The van der Waals surface area contributed by atoms with Crippen LogP contribution in [-0.4, -0.2) is 22.6 Å². The molecule has 1 amide bonds. The number of benzene rings is 2. The summed E-state index contributed by atoms with van der Waals surface area (Å²) in [4.78, 5) is 22.9. The normalized spacial score (nSPS) is 12.2. The number of aliphatic carboxylic acids is 1. The fourth-order valence-corrected chi connectivity index (χ4v) is 2.94. The van der Waals surface area contributed by atoms with Gasteiger partial charge in [0.1, 0.15) is 11.5 Å². The van der Waals surface area contributed by atoms with E-state index in [2.05, 4.69) is 5.32 Å². The van der Waals surface area contributed by atoms with Crippen LogP contribution in [0, 0.1) is 13.8 Å². The Balaban J connectivity index is 2.29. The Kier molecular flexibility index (Phi) is 6.56. The number of halogens is 1. The van der Waals surface area contributed by atoms with Crippen molar-refractivity contribution in [2.45, 2.75) is 46.4 Å². The fourth-order valence-electron chi connectivity index (χ4n) is 2.62. The number of aryl methyl sites for hydroxylation is 2. The van der Waals surface area contributed by atoms with Crippen LogP contribution in [0.25, 0.3) is 0 Å². The quantitative estimate of drug-likeness (QED) is 0.666. The van der Waals surface area contributed by atoms with Crippen molar-refractivity contribution < 1.29 is 24.2 Å². The maximum atomic E-state index is 11.7. The molecule has 0 radical (unpaired) electrons. The van der Waals surface area contributed by atoms with Crippen LogP contribution >= 0.6 is 11.6 Å². The summed E-state index contributed by atoms with van der Waals surface area (Å²) in [5.74, 6) is -0.279. The largest absolute Gasteiger partial charge is 0.478 e. The number of carboxylic acid groups (broad SMARTS) is 1. The van der Waals surface area contributed by atoms with Gasteiger partial charge in [-0.1, -0.05) is 11.6 Å². The summed E-state index contributed by atoms with van der Waals surface area (Å²) < 4.78 is 11.6. The lowest BCUT2D eigenvalue weighted by Crippen LogP contribution is -2.37. The minimum absolute atomic E-state index is 0.249. The van der Waals surface area contributed by atoms with Crippen LogP contribution < -0.4 is 14.8 Å². The van der Waals surface area contributed by atoms with Gasteiger partial charge in [-0.25, -0.2) is 4.79 Å². The van der Waals surface area contributed by atoms with E-state index in [1.54, 1.807) is 36.4 Å². The summed E-state index contributed by atoms with van der Waals surface area (Å²) in [6.07, 6.45) is -0.724. The van der Waals surface area contributed by atoms with Crippen LogP contribution in [0.4, 0.5) is 0 Å². The molecule has 0 aliphatic rings. The molecule has 0 aromatic heterocycles. The number of amides is 1. The highest BCUT2D eigenvalue weighted by molar-refractivity contribution is 6.30. The Morgan fingerprint density at radius 3 is 2.11 bits per heavy atom. The average molecular weight is 406 g/mol. The molecule has 0 bridgehead atoms. The molecule has 0 heterocycles. The monoisotopic (exact) mass is 405 g/mol. The minimum Gasteiger partial charge on any atom is -0.478 e. The van der Waals surface area contributed by atoms with Crippen molar-refractivity contribution >= 4 is 23.5 Å². The number of nitrogens with one attached hydrogen (secondary N) is 1. The van der Waals surface area contributed by atoms with Gasteiger partial charge in [-0.15, -0.1) is 0 Å². The lowest BCUT2D eigenvalue weighted by atomic mass is 10.1. The van der Waals surface area contributed by atoms with E-state index in [9.17, 15) is 14.7 Å². The third-order valence-corrected chi connectivity index (χ3v) is 4.28. The molecule has 2 N–H and O–H groups in total. The number of carbonyl (C=O) groups is 2. The zero-order chi connectivity index (χ0) is 21.1. The second kappa shape index (κ2) is 8.52. The second-order valence-corrected chi connectivity index (χ2v) is 7.49. The van der Waals surface area contributed by atoms with E-state index in [0.29, 0.717) is 22.1 Å². The van der Waals surface area contributed by atoms with Gasteiger partial charge < -0.3 is 19.9 Å². The van der Waals surface area contributed by atoms with Crippen molar-refractivity contribution in [1.29, 1.82) is 0 Å². The predicted molar refractivity (Wildman–Crippen MR) is 107 cm³/mol. The third-order valence-electron chi connectivity index (χ3n) is 4.07. The number of hydrogen-bond acceptors (Lipinski definition) is 4. The molecule has 7 heteroatoms. The fraction of sp³-hybridized carbons (Fsp3) is 0.333. The Bertz CT molecular complexity index is 854. The van der Waals surface area contributed by atoms with Crippen LogP contribution in [0.5, 0.6) is 11.5 Å². The molecule has 0 aliphatic carbocycles. The number of hydrogen-bond donors (Lipinski definition) is 2. The molecule has 0 spiro atoms. The van der Waals surface area contributed by atoms with Gasteiger partial charge in [0, 0.05) is 17.5 Å².